The highest BCUT2D eigenvalue weighted by atomic mass is 16.5. The molecule has 0 fully saturated rings. The number of nitrogens with one attached hydrogen (secondary N) is 1. The van der Waals surface area contributed by atoms with Crippen LogP contribution in [-0.4, -0.2) is 22.1 Å². The lowest BCUT2D eigenvalue weighted by molar-refractivity contribution is 0.281. The van der Waals surface area contributed by atoms with Crippen molar-refractivity contribution in [1.29, 1.82) is 0 Å². The van der Waals surface area contributed by atoms with Gasteiger partial charge in [-0.05, 0) is 17.7 Å². The molecule has 0 unspecified atom stereocenters. The summed E-state index contributed by atoms with van der Waals surface area (Å²) in [5.74, 6) is 1.65. The summed E-state index contributed by atoms with van der Waals surface area (Å²) in [6, 6.07) is 8.85. The van der Waals surface area contributed by atoms with E-state index >= 15 is 0 Å². The first kappa shape index (κ1) is 11.3. The third-order valence-electron chi connectivity index (χ3n) is 2.18. The Morgan fingerprint density at radius 1 is 1.24 bits per heavy atom. The van der Waals surface area contributed by atoms with Crippen LogP contribution in [0, 0.1) is 0 Å². The highest BCUT2D eigenvalue weighted by molar-refractivity contribution is 5.32. The number of aliphatic hydroxyl groups is 1. The minimum Gasteiger partial charge on any atom is -0.439 e. The summed E-state index contributed by atoms with van der Waals surface area (Å²) >= 11 is 0. The van der Waals surface area contributed by atoms with Crippen LogP contribution < -0.4 is 10.1 Å². The molecule has 1 heterocycles. The van der Waals surface area contributed by atoms with Crippen LogP contribution in [0.5, 0.6) is 11.6 Å². The number of aromatic nitrogens is 2. The quantitative estimate of drug-likeness (QED) is 0.839. The van der Waals surface area contributed by atoms with Gasteiger partial charge in [-0.1, -0.05) is 12.1 Å². The first-order chi connectivity index (χ1) is 8.31. The van der Waals surface area contributed by atoms with Crippen molar-refractivity contribution in [2.75, 3.05) is 12.4 Å². The molecule has 0 aliphatic heterocycles. The second kappa shape index (κ2) is 5.27. The van der Waals surface area contributed by atoms with E-state index in [1.54, 1.807) is 43.6 Å². The molecule has 0 spiro atoms. The van der Waals surface area contributed by atoms with E-state index in [-0.39, 0.29) is 6.61 Å². The van der Waals surface area contributed by atoms with Gasteiger partial charge in [0.2, 0.25) is 11.8 Å². The third kappa shape index (κ3) is 2.92. The van der Waals surface area contributed by atoms with Crippen LogP contribution in [0.3, 0.4) is 0 Å². The standard InChI is InChI=1S/C12H13N3O2/c1-13-12-14-7-6-11(15-12)17-10-4-2-9(8-16)3-5-10/h2-7,16H,8H2,1H3,(H,13,14,15). The molecular weight excluding hydrogens is 218 g/mol. The van der Waals surface area contributed by atoms with Crippen LogP contribution >= 0.6 is 0 Å². The van der Waals surface area contributed by atoms with E-state index in [4.69, 9.17) is 9.84 Å². The number of benzene rings is 1. The van der Waals surface area contributed by atoms with E-state index in [0.29, 0.717) is 17.6 Å². The Balaban J connectivity index is 2.13. The Morgan fingerprint density at radius 2 is 2.00 bits per heavy atom. The molecule has 0 radical (unpaired) electrons. The van der Waals surface area contributed by atoms with E-state index < -0.39 is 0 Å². The van der Waals surface area contributed by atoms with Crippen LogP contribution in [-0.2, 0) is 6.61 Å². The van der Waals surface area contributed by atoms with E-state index in [1.807, 2.05) is 0 Å². The number of aliphatic hydroxyl groups excluding tert-OH is 1. The molecular formula is C12H13N3O2. The number of hydrogen-bond donors (Lipinski definition) is 2. The van der Waals surface area contributed by atoms with Crippen LogP contribution in [0.25, 0.3) is 0 Å². The average Bonchev–Trinajstić information content (AvgIpc) is 2.40. The molecule has 5 heteroatoms. The minimum atomic E-state index is 0.0255. The second-order valence-corrected chi connectivity index (χ2v) is 3.37. The summed E-state index contributed by atoms with van der Waals surface area (Å²) < 4.78 is 5.55. The second-order valence-electron chi connectivity index (χ2n) is 3.37. The predicted molar refractivity (Wildman–Crippen MR) is 64.0 cm³/mol. The molecule has 2 rings (SSSR count). The van der Waals surface area contributed by atoms with Gasteiger partial charge >= 0.3 is 0 Å². The van der Waals surface area contributed by atoms with Crippen LogP contribution in [0.2, 0.25) is 0 Å². The van der Waals surface area contributed by atoms with Crippen molar-refractivity contribution < 1.29 is 9.84 Å². The number of anilines is 1. The number of nitrogens with zero attached hydrogens (tertiary/aromatic N) is 2. The number of ether oxygens (including phenoxy) is 1. The van der Waals surface area contributed by atoms with E-state index in [0.717, 1.165) is 5.56 Å². The van der Waals surface area contributed by atoms with Crippen molar-refractivity contribution in [3.63, 3.8) is 0 Å². The zero-order valence-electron chi connectivity index (χ0n) is 9.42. The lowest BCUT2D eigenvalue weighted by Gasteiger charge is -2.06. The molecule has 0 aliphatic rings. The Bertz CT molecular complexity index is 485. The average molecular weight is 231 g/mol. The number of hydrogen-bond acceptors (Lipinski definition) is 5. The van der Waals surface area contributed by atoms with Gasteiger partial charge < -0.3 is 15.2 Å². The highest BCUT2D eigenvalue weighted by Crippen LogP contribution is 2.20. The van der Waals surface area contributed by atoms with Crippen molar-refractivity contribution in [2.45, 2.75) is 6.61 Å². The molecule has 0 aliphatic carbocycles. The SMILES string of the molecule is CNc1nccc(Oc2ccc(CO)cc2)n1. The molecule has 0 saturated heterocycles. The molecule has 88 valence electrons. The molecule has 0 amide bonds. The van der Waals surface area contributed by atoms with Gasteiger partial charge in [0.05, 0.1) is 6.61 Å². The van der Waals surface area contributed by atoms with Crippen molar-refractivity contribution in [3.8, 4) is 11.6 Å². The normalized spacial score (nSPS) is 10.0. The van der Waals surface area contributed by atoms with E-state index in [9.17, 15) is 0 Å². The smallest absolute Gasteiger partial charge is 0.225 e. The molecule has 1 aromatic heterocycles. The van der Waals surface area contributed by atoms with Crippen molar-refractivity contribution in [1.82, 2.24) is 9.97 Å². The summed E-state index contributed by atoms with van der Waals surface area (Å²) in [7, 11) is 1.75. The maximum absolute atomic E-state index is 8.92. The number of rotatable bonds is 4. The molecule has 1 aromatic carbocycles. The van der Waals surface area contributed by atoms with E-state index in [1.165, 1.54) is 0 Å². The maximum Gasteiger partial charge on any atom is 0.225 e. The van der Waals surface area contributed by atoms with Gasteiger partial charge in [0, 0.05) is 19.3 Å². The molecule has 0 saturated carbocycles. The predicted octanol–water partition coefficient (Wildman–Crippen LogP) is 1.80. The Hall–Kier alpha value is -2.14. The lowest BCUT2D eigenvalue weighted by atomic mass is 10.2. The van der Waals surface area contributed by atoms with Gasteiger partial charge in [0.1, 0.15) is 5.75 Å². The lowest BCUT2D eigenvalue weighted by Crippen LogP contribution is -1.97. The fourth-order valence-electron chi connectivity index (χ4n) is 1.30. The summed E-state index contributed by atoms with van der Waals surface area (Å²) in [6.07, 6.45) is 1.62. The monoisotopic (exact) mass is 231 g/mol. The molecule has 0 atom stereocenters. The van der Waals surface area contributed by atoms with Crippen molar-refractivity contribution >= 4 is 5.95 Å². The Kier molecular flexibility index (Phi) is 3.52. The zero-order valence-corrected chi connectivity index (χ0v) is 9.42. The Labute approximate surface area is 99.1 Å². The van der Waals surface area contributed by atoms with Gasteiger partial charge in [-0.25, -0.2) is 4.98 Å². The maximum atomic E-state index is 8.92. The molecule has 0 bridgehead atoms. The van der Waals surface area contributed by atoms with Gasteiger partial charge in [-0.3, -0.25) is 0 Å². The first-order valence-electron chi connectivity index (χ1n) is 5.20. The van der Waals surface area contributed by atoms with Crippen molar-refractivity contribution in [2.24, 2.45) is 0 Å². The van der Waals surface area contributed by atoms with Gasteiger partial charge in [0.25, 0.3) is 0 Å². The van der Waals surface area contributed by atoms with Crippen LogP contribution in [0.4, 0.5) is 5.95 Å². The van der Waals surface area contributed by atoms with Crippen LogP contribution in [0.15, 0.2) is 36.5 Å². The third-order valence-corrected chi connectivity index (χ3v) is 2.18. The summed E-state index contributed by atoms with van der Waals surface area (Å²) in [4.78, 5) is 8.13. The molecule has 2 aromatic rings. The topological polar surface area (TPSA) is 67.3 Å². The van der Waals surface area contributed by atoms with Crippen molar-refractivity contribution in [3.05, 3.63) is 42.1 Å². The van der Waals surface area contributed by atoms with Gasteiger partial charge in [0.15, 0.2) is 0 Å². The Morgan fingerprint density at radius 3 is 2.65 bits per heavy atom. The largest absolute Gasteiger partial charge is 0.439 e. The van der Waals surface area contributed by atoms with Gasteiger partial charge in [-0.15, -0.1) is 0 Å². The van der Waals surface area contributed by atoms with Crippen LogP contribution in [0.1, 0.15) is 5.56 Å². The first-order valence-corrected chi connectivity index (χ1v) is 5.20. The summed E-state index contributed by atoms with van der Waals surface area (Å²) in [5.41, 5.74) is 0.843. The zero-order chi connectivity index (χ0) is 12.1. The minimum absolute atomic E-state index is 0.0255. The van der Waals surface area contributed by atoms with Gasteiger partial charge in [-0.2, -0.15) is 4.98 Å². The molecule has 17 heavy (non-hydrogen) atoms. The summed E-state index contributed by atoms with van der Waals surface area (Å²) in [6.45, 7) is 0.0255. The van der Waals surface area contributed by atoms with E-state index in [2.05, 4.69) is 15.3 Å². The fourth-order valence-corrected chi connectivity index (χ4v) is 1.30. The molecule has 5 nitrogen and oxygen atoms in total. The summed E-state index contributed by atoms with van der Waals surface area (Å²) in [5, 5.41) is 11.8. The molecule has 2 N–H and O–H groups in total. The fraction of sp³-hybridized carbons (Fsp3) is 0.167. The highest BCUT2D eigenvalue weighted by Gasteiger charge is 2.00.